The zero-order valence-electron chi connectivity index (χ0n) is 60.2. The molecule has 0 unspecified atom stereocenters. The van der Waals surface area contributed by atoms with E-state index in [0.29, 0.717) is 94.8 Å². The van der Waals surface area contributed by atoms with Crippen LogP contribution in [0.25, 0.3) is 89.7 Å². The Labute approximate surface area is 655 Å². The maximum atomic E-state index is 13.2. The van der Waals surface area contributed by atoms with Gasteiger partial charge in [0.05, 0.1) is 63.6 Å². The second kappa shape index (κ2) is 31.5. The van der Waals surface area contributed by atoms with Crippen molar-refractivity contribution in [2.24, 2.45) is 20.4 Å². The van der Waals surface area contributed by atoms with Crippen molar-refractivity contribution in [1.82, 2.24) is 61.6 Å². The number of nitrogens with zero attached hydrogens (tertiary/aromatic N) is 10. The van der Waals surface area contributed by atoms with Crippen LogP contribution >= 0.6 is 0 Å². The summed E-state index contributed by atoms with van der Waals surface area (Å²) in [4.78, 5) is 91.9. The average Bonchev–Trinajstić information content (AvgIpc) is 1.59. The molecule has 3 aromatic heterocycles. The fraction of sp³-hybridized carbons (Fsp3) is 0. The Kier molecular flexibility index (Phi) is 19.5. The summed E-state index contributed by atoms with van der Waals surface area (Å²) in [7, 11) is 0. The molecule has 116 heavy (non-hydrogen) atoms. The summed E-state index contributed by atoms with van der Waals surface area (Å²) in [6.07, 6.45) is 5.66. The molecule has 0 saturated carbocycles. The van der Waals surface area contributed by atoms with Gasteiger partial charge in [0.2, 0.25) is 0 Å². The first kappa shape index (κ1) is 71.9. The molecular formula is C88H58N16O12. The van der Waals surface area contributed by atoms with Gasteiger partial charge in [-0.15, -0.1) is 0 Å². The molecule has 0 radical (unpaired) electrons. The predicted octanol–water partition coefficient (Wildman–Crippen LogP) is 15.9. The van der Waals surface area contributed by atoms with Gasteiger partial charge in [-0.3, -0.25) is 19.2 Å². The highest BCUT2D eigenvalue weighted by Gasteiger charge is 2.29. The Hall–Kier alpha value is -17.0. The molecule has 2 aliphatic rings. The first-order valence-corrected chi connectivity index (χ1v) is 35.7. The molecule has 0 atom stereocenters. The lowest BCUT2D eigenvalue weighted by Crippen LogP contribution is -2.17. The number of hydrogen-bond acceptors (Lipinski definition) is 22. The van der Waals surface area contributed by atoms with E-state index < -0.39 is 23.6 Å². The molecule has 17 rings (SSSR count). The van der Waals surface area contributed by atoms with Crippen LogP contribution in [0, 0.1) is 0 Å². The standard InChI is InChI=1S/C88H58N16O12/c105-63-31-9-5-24-55(63)85(109)101-89-45-49-20-1-13-35-67(49)113-53-42-43-54-62(44-53)81-94-77(54)93-78-60-29-18-40-72(115-69-37-15-3-22-51(69)47-91-103-87(111)57-26-7-11-33-65(57)107)75(60)83(97-78)100-84-76-61(30-19-41-73(76)116-70-38-16-4-23-52(70)48-92-104-88(112)58-27-8-12-34-66(58)108)80(99-84)98-82-74-59(79(95-81)96-82)28-17-39-71(74)114-68-36-14-2-21-50(68)46-90-102-86(110)56-25-6-10-32-64(56)106/h1-48,105-108H,(H,101,109)(H,102,110)(H,103,111)(H,104,112)(H2,93,94,95,96,97,98,99,100)/b89-45+,90-46+,91-47-,92-48+. The summed E-state index contributed by atoms with van der Waals surface area (Å²) in [5.74, 6) is -0.438. The van der Waals surface area contributed by atoms with E-state index in [-0.39, 0.29) is 108 Å². The van der Waals surface area contributed by atoms with Crippen LogP contribution in [0.3, 0.4) is 0 Å². The van der Waals surface area contributed by atoms with Gasteiger partial charge in [-0.1, -0.05) is 133 Å². The highest BCUT2D eigenvalue weighted by Crippen LogP contribution is 2.47. The number of rotatable bonds is 20. The number of amides is 4. The molecule has 12 aromatic carbocycles. The van der Waals surface area contributed by atoms with Crippen molar-refractivity contribution in [3.63, 3.8) is 0 Å². The van der Waals surface area contributed by atoms with E-state index >= 15 is 0 Å². The molecule has 0 saturated heterocycles. The lowest BCUT2D eigenvalue weighted by atomic mass is 10.1. The number of H-pyrrole nitrogens is 2. The third kappa shape index (κ3) is 14.8. The number of carbonyl (C=O) groups is 4. The zero-order valence-corrected chi connectivity index (χ0v) is 60.2. The number of carbonyl (C=O) groups excluding carboxylic acids is 4. The summed E-state index contributed by atoms with van der Waals surface area (Å²) in [5, 5.41) is 60.6. The second-order valence-electron chi connectivity index (χ2n) is 25.8. The second-order valence-corrected chi connectivity index (χ2v) is 25.8. The predicted molar refractivity (Wildman–Crippen MR) is 435 cm³/mol. The lowest BCUT2D eigenvalue weighted by Gasteiger charge is -2.12. The minimum Gasteiger partial charge on any atom is -0.507 e. The van der Waals surface area contributed by atoms with Crippen LogP contribution < -0.4 is 40.7 Å². The Morgan fingerprint density at radius 1 is 0.293 bits per heavy atom. The smallest absolute Gasteiger partial charge is 0.275 e. The van der Waals surface area contributed by atoms with Crippen molar-refractivity contribution < 1.29 is 58.6 Å². The zero-order chi connectivity index (χ0) is 79.2. The van der Waals surface area contributed by atoms with Crippen LogP contribution in [0.2, 0.25) is 0 Å². The molecule has 8 bridgehead atoms. The Balaban J connectivity index is 0.848. The third-order valence-electron chi connectivity index (χ3n) is 18.4. The molecule has 15 aromatic rings. The van der Waals surface area contributed by atoms with Crippen LogP contribution in [0.5, 0.6) is 69.0 Å². The molecule has 0 fully saturated rings. The monoisotopic (exact) mass is 1530 g/mol. The Morgan fingerprint density at radius 3 is 1.03 bits per heavy atom. The Bertz CT molecular complexity index is 6810. The van der Waals surface area contributed by atoms with Gasteiger partial charge in [0.1, 0.15) is 91.6 Å². The number of fused-ring (bicyclic) bond motifs is 20. The van der Waals surface area contributed by atoms with Crippen LogP contribution in [-0.4, -0.2) is 109 Å². The SMILES string of the molecule is O=C(N/N=C\c1ccccc1Oc1cccc2c1-c1nc-2nc2[nH]c(nc3nc(nc4[nH]c(n1)c1c(Oc5ccccc5/C=N/NC(=O)c5ccccc5O)cccc41)-c1c(Oc4ccccc4/C=N/NC(=O)c4ccccc4O)cccc1-3)c1cc(Oc3ccccc3/C=N/NC(=O)c3ccccc3O)ccc21)c1ccccc1O. The number of para-hydroxylation sites is 8. The lowest BCUT2D eigenvalue weighted by molar-refractivity contribution is 0.0944. The molecule has 0 aliphatic carbocycles. The highest BCUT2D eigenvalue weighted by molar-refractivity contribution is 6.10. The summed E-state index contributed by atoms with van der Waals surface area (Å²) in [5.41, 5.74) is 14.6. The first-order valence-electron chi connectivity index (χ1n) is 35.7. The van der Waals surface area contributed by atoms with Gasteiger partial charge in [0.25, 0.3) is 23.6 Å². The van der Waals surface area contributed by atoms with E-state index in [1.165, 1.54) is 73.4 Å². The van der Waals surface area contributed by atoms with Crippen molar-refractivity contribution in [3.05, 3.63) is 311 Å². The van der Waals surface area contributed by atoms with Crippen LogP contribution in [-0.2, 0) is 0 Å². The van der Waals surface area contributed by atoms with Gasteiger partial charge in [-0.2, -0.15) is 20.4 Å². The van der Waals surface area contributed by atoms with Crippen molar-refractivity contribution in [3.8, 4) is 115 Å². The maximum Gasteiger partial charge on any atom is 0.275 e. The highest BCUT2D eigenvalue weighted by atomic mass is 16.5. The quantitative estimate of drug-likeness (QED) is 0.0250. The van der Waals surface area contributed by atoms with E-state index in [2.05, 4.69) is 52.1 Å². The van der Waals surface area contributed by atoms with Crippen molar-refractivity contribution >= 4 is 92.6 Å². The summed E-state index contributed by atoms with van der Waals surface area (Å²) < 4.78 is 27.5. The molecule has 28 nitrogen and oxygen atoms in total. The summed E-state index contributed by atoms with van der Waals surface area (Å²) in [6, 6.07) is 74.0. The number of aromatic nitrogens is 8. The van der Waals surface area contributed by atoms with E-state index in [9.17, 15) is 39.6 Å². The number of aromatic amines is 2. The number of ether oxygens (including phenoxy) is 4. The molecule has 0 spiro atoms. The summed E-state index contributed by atoms with van der Waals surface area (Å²) >= 11 is 0. The van der Waals surface area contributed by atoms with E-state index in [1.807, 2.05) is 24.3 Å². The number of aromatic hydroxyl groups is 4. The van der Waals surface area contributed by atoms with Crippen molar-refractivity contribution in [2.45, 2.75) is 0 Å². The molecule has 2 aliphatic heterocycles. The molecule has 28 heteroatoms. The summed E-state index contributed by atoms with van der Waals surface area (Å²) in [6.45, 7) is 0. The van der Waals surface area contributed by atoms with Crippen LogP contribution in [0.4, 0.5) is 0 Å². The molecule has 10 N–H and O–H groups in total. The number of benzene rings is 12. The van der Waals surface area contributed by atoms with Crippen LogP contribution in [0.1, 0.15) is 63.7 Å². The molecule has 4 amide bonds. The number of phenols is 4. The Morgan fingerprint density at radius 2 is 0.612 bits per heavy atom. The maximum absolute atomic E-state index is 13.2. The minimum atomic E-state index is -0.649. The van der Waals surface area contributed by atoms with Crippen LogP contribution in [0.15, 0.2) is 287 Å². The molecular weight excluding hydrogens is 1470 g/mol. The number of phenolic OH excluding ortho intramolecular Hbond substituents is 4. The van der Waals surface area contributed by atoms with Gasteiger partial charge >= 0.3 is 0 Å². The molecule has 5 heterocycles. The van der Waals surface area contributed by atoms with Gasteiger partial charge in [0.15, 0.2) is 23.3 Å². The van der Waals surface area contributed by atoms with Gasteiger partial charge < -0.3 is 49.3 Å². The van der Waals surface area contributed by atoms with Gasteiger partial charge in [0, 0.05) is 49.5 Å². The van der Waals surface area contributed by atoms with Crippen molar-refractivity contribution in [2.75, 3.05) is 0 Å². The number of nitrogens with one attached hydrogen (secondary N) is 6. The average molecular weight is 1530 g/mol. The van der Waals surface area contributed by atoms with E-state index in [1.54, 1.807) is 194 Å². The third-order valence-corrected chi connectivity index (χ3v) is 18.4. The fourth-order valence-electron chi connectivity index (χ4n) is 12.9. The normalized spacial score (nSPS) is 11.6. The van der Waals surface area contributed by atoms with Gasteiger partial charge in [-0.25, -0.2) is 51.6 Å². The number of hydrazone groups is 4. The first-order chi connectivity index (χ1) is 56.8. The van der Waals surface area contributed by atoms with E-state index in [0.717, 1.165) is 0 Å². The fourth-order valence-corrected chi connectivity index (χ4v) is 12.9. The van der Waals surface area contributed by atoms with Gasteiger partial charge in [-0.05, 0) is 133 Å². The number of hydrogen-bond donors (Lipinski definition) is 10. The van der Waals surface area contributed by atoms with E-state index in [4.69, 9.17) is 48.9 Å². The minimum absolute atomic E-state index is 0.0181. The largest absolute Gasteiger partial charge is 0.507 e. The topological polar surface area (TPSA) is 393 Å². The van der Waals surface area contributed by atoms with Crippen molar-refractivity contribution in [1.29, 1.82) is 0 Å². The molecule has 562 valence electrons.